The van der Waals surface area contributed by atoms with Crippen molar-refractivity contribution in [1.29, 1.82) is 0 Å². The normalized spacial score (nSPS) is 12.4. The van der Waals surface area contributed by atoms with Crippen molar-refractivity contribution in [2.45, 2.75) is 12.5 Å². The molecule has 21 heavy (non-hydrogen) atoms. The van der Waals surface area contributed by atoms with Crippen molar-refractivity contribution in [2.75, 3.05) is 6.54 Å². The van der Waals surface area contributed by atoms with Gasteiger partial charge in [0, 0.05) is 17.8 Å². The first kappa shape index (κ1) is 13.5. The summed E-state index contributed by atoms with van der Waals surface area (Å²) in [6, 6.07) is 17.5. The minimum Gasteiger partial charge on any atom is -0.330 e. The SMILES string of the molecule is NCC(Cn1ncc2ccccc2c1=O)c1ccccc1. The third-order valence-electron chi connectivity index (χ3n) is 3.71. The molecule has 1 unspecified atom stereocenters. The second kappa shape index (κ2) is 5.89. The minimum absolute atomic E-state index is 0.0671. The van der Waals surface area contributed by atoms with Crippen LogP contribution in [0.4, 0.5) is 0 Å². The predicted molar refractivity (Wildman–Crippen MR) is 84.2 cm³/mol. The van der Waals surface area contributed by atoms with Crippen molar-refractivity contribution < 1.29 is 0 Å². The van der Waals surface area contributed by atoms with E-state index >= 15 is 0 Å². The average molecular weight is 279 g/mol. The number of nitrogens with two attached hydrogens (primary N) is 1. The lowest BCUT2D eigenvalue weighted by Gasteiger charge is -2.16. The topological polar surface area (TPSA) is 60.9 Å². The quantitative estimate of drug-likeness (QED) is 0.796. The number of rotatable bonds is 4. The van der Waals surface area contributed by atoms with Gasteiger partial charge in [-0.15, -0.1) is 0 Å². The summed E-state index contributed by atoms with van der Waals surface area (Å²) >= 11 is 0. The van der Waals surface area contributed by atoms with Crippen LogP contribution in [0.1, 0.15) is 11.5 Å². The Morgan fingerprint density at radius 3 is 2.52 bits per heavy atom. The average Bonchev–Trinajstić information content (AvgIpc) is 2.55. The van der Waals surface area contributed by atoms with Gasteiger partial charge in [-0.2, -0.15) is 5.10 Å². The first-order valence-corrected chi connectivity index (χ1v) is 6.99. The molecular weight excluding hydrogens is 262 g/mol. The van der Waals surface area contributed by atoms with E-state index in [0.29, 0.717) is 18.5 Å². The third kappa shape index (κ3) is 2.71. The fourth-order valence-corrected chi connectivity index (χ4v) is 2.51. The Kier molecular flexibility index (Phi) is 3.79. The summed E-state index contributed by atoms with van der Waals surface area (Å²) in [7, 11) is 0. The number of nitrogens with zero attached hydrogens (tertiary/aromatic N) is 2. The largest absolute Gasteiger partial charge is 0.330 e. The molecule has 2 N–H and O–H groups in total. The van der Waals surface area contributed by atoms with Crippen molar-refractivity contribution in [2.24, 2.45) is 5.73 Å². The van der Waals surface area contributed by atoms with E-state index in [1.54, 1.807) is 6.20 Å². The number of aromatic nitrogens is 2. The molecule has 3 aromatic rings. The summed E-state index contributed by atoms with van der Waals surface area (Å²) in [6.07, 6.45) is 1.73. The lowest BCUT2D eigenvalue weighted by atomic mass is 9.99. The summed E-state index contributed by atoms with van der Waals surface area (Å²) in [6.45, 7) is 0.967. The van der Waals surface area contributed by atoms with Gasteiger partial charge >= 0.3 is 0 Å². The first-order chi connectivity index (χ1) is 10.3. The summed E-state index contributed by atoms with van der Waals surface area (Å²) in [5, 5.41) is 5.82. The van der Waals surface area contributed by atoms with E-state index in [9.17, 15) is 4.79 Å². The van der Waals surface area contributed by atoms with E-state index in [2.05, 4.69) is 5.10 Å². The molecule has 0 aliphatic carbocycles. The second-order valence-electron chi connectivity index (χ2n) is 5.06. The second-order valence-corrected chi connectivity index (χ2v) is 5.06. The minimum atomic E-state index is -0.0671. The van der Waals surface area contributed by atoms with Crippen molar-refractivity contribution in [3.05, 3.63) is 76.7 Å². The van der Waals surface area contributed by atoms with E-state index in [1.807, 2.05) is 54.6 Å². The molecule has 4 heteroatoms. The maximum absolute atomic E-state index is 12.5. The van der Waals surface area contributed by atoms with E-state index in [4.69, 9.17) is 5.73 Å². The van der Waals surface area contributed by atoms with Gasteiger partial charge in [-0.05, 0) is 11.6 Å². The molecule has 1 atom stereocenters. The van der Waals surface area contributed by atoms with Crippen LogP contribution in [0.5, 0.6) is 0 Å². The Hall–Kier alpha value is -2.46. The molecule has 0 saturated heterocycles. The summed E-state index contributed by atoms with van der Waals surface area (Å²) in [5.74, 6) is 0.0811. The molecule has 106 valence electrons. The van der Waals surface area contributed by atoms with E-state index in [1.165, 1.54) is 4.68 Å². The lowest BCUT2D eigenvalue weighted by molar-refractivity contribution is 0.502. The first-order valence-electron chi connectivity index (χ1n) is 6.99. The zero-order chi connectivity index (χ0) is 14.7. The molecule has 0 radical (unpaired) electrons. The van der Waals surface area contributed by atoms with Gasteiger partial charge in [-0.1, -0.05) is 48.5 Å². The fourth-order valence-electron chi connectivity index (χ4n) is 2.51. The monoisotopic (exact) mass is 279 g/mol. The van der Waals surface area contributed by atoms with Crippen LogP contribution in [-0.2, 0) is 6.54 Å². The summed E-state index contributed by atoms with van der Waals surface area (Å²) in [4.78, 5) is 12.5. The number of benzene rings is 2. The van der Waals surface area contributed by atoms with Gasteiger partial charge in [0.15, 0.2) is 0 Å². The summed E-state index contributed by atoms with van der Waals surface area (Å²) < 4.78 is 1.51. The Morgan fingerprint density at radius 2 is 1.76 bits per heavy atom. The highest BCUT2D eigenvalue weighted by molar-refractivity contribution is 5.80. The van der Waals surface area contributed by atoms with Crippen LogP contribution >= 0.6 is 0 Å². The van der Waals surface area contributed by atoms with E-state index in [-0.39, 0.29) is 11.5 Å². The highest BCUT2D eigenvalue weighted by Crippen LogP contribution is 2.16. The maximum Gasteiger partial charge on any atom is 0.274 e. The van der Waals surface area contributed by atoms with Gasteiger partial charge in [0.2, 0.25) is 0 Å². The smallest absolute Gasteiger partial charge is 0.274 e. The molecule has 3 rings (SSSR count). The zero-order valence-corrected chi connectivity index (χ0v) is 11.6. The molecule has 0 bridgehead atoms. The molecule has 0 fully saturated rings. The van der Waals surface area contributed by atoms with Gasteiger partial charge in [0.1, 0.15) is 0 Å². The number of fused-ring (bicyclic) bond motifs is 1. The summed E-state index contributed by atoms with van der Waals surface area (Å²) in [5.41, 5.74) is 6.93. The molecular formula is C17H17N3O. The van der Waals surface area contributed by atoms with Gasteiger partial charge in [-0.3, -0.25) is 4.79 Å². The van der Waals surface area contributed by atoms with Crippen molar-refractivity contribution in [3.8, 4) is 0 Å². The fraction of sp³-hybridized carbons (Fsp3) is 0.176. The van der Waals surface area contributed by atoms with Gasteiger partial charge < -0.3 is 5.73 Å². The molecule has 4 nitrogen and oxygen atoms in total. The Labute approximate surface area is 122 Å². The van der Waals surface area contributed by atoms with Crippen LogP contribution < -0.4 is 11.3 Å². The molecule has 1 heterocycles. The van der Waals surface area contributed by atoms with Crippen LogP contribution in [0.15, 0.2) is 65.6 Å². The number of hydrogen-bond acceptors (Lipinski definition) is 3. The standard InChI is InChI=1S/C17H17N3O/c18-10-15(13-6-2-1-3-7-13)12-20-17(21)16-9-5-4-8-14(16)11-19-20/h1-9,11,15H,10,12,18H2. The van der Waals surface area contributed by atoms with Gasteiger partial charge in [-0.25, -0.2) is 4.68 Å². The molecule has 0 aliphatic rings. The van der Waals surface area contributed by atoms with Crippen LogP contribution in [0.2, 0.25) is 0 Å². The Balaban J connectivity index is 1.97. The molecule has 0 aliphatic heterocycles. The molecule has 1 aromatic heterocycles. The number of hydrogen-bond donors (Lipinski definition) is 1. The predicted octanol–water partition coefficient (Wildman–Crippen LogP) is 2.14. The van der Waals surface area contributed by atoms with Crippen LogP contribution in [0.25, 0.3) is 10.8 Å². The molecule has 0 amide bonds. The Morgan fingerprint density at radius 1 is 1.05 bits per heavy atom. The van der Waals surface area contributed by atoms with Crippen LogP contribution in [-0.4, -0.2) is 16.3 Å². The lowest BCUT2D eigenvalue weighted by Crippen LogP contribution is -2.28. The van der Waals surface area contributed by atoms with E-state index in [0.717, 1.165) is 10.9 Å². The Bertz CT molecular complexity index is 796. The molecule has 0 spiro atoms. The maximum atomic E-state index is 12.5. The van der Waals surface area contributed by atoms with Gasteiger partial charge in [0.25, 0.3) is 5.56 Å². The molecule has 0 saturated carbocycles. The molecule has 2 aromatic carbocycles. The highest BCUT2D eigenvalue weighted by atomic mass is 16.1. The third-order valence-corrected chi connectivity index (χ3v) is 3.71. The highest BCUT2D eigenvalue weighted by Gasteiger charge is 2.12. The van der Waals surface area contributed by atoms with Gasteiger partial charge in [0.05, 0.1) is 18.1 Å². The van der Waals surface area contributed by atoms with Crippen molar-refractivity contribution in [1.82, 2.24) is 9.78 Å². The van der Waals surface area contributed by atoms with Crippen LogP contribution in [0, 0.1) is 0 Å². The zero-order valence-electron chi connectivity index (χ0n) is 11.6. The van der Waals surface area contributed by atoms with Crippen molar-refractivity contribution in [3.63, 3.8) is 0 Å². The van der Waals surface area contributed by atoms with Crippen LogP contribution in [0.3, 0.4) is 0 Å². The van der Waals surface area contributed by atoms with E-state index < -0.39 is 0 Å². The van der Waals surface area contributed by atoms with Crippen molar-refractivity contribution >= 4 is 10.8 Å².